The second kappa shape index (κ2) is 13.2. The minimum atomic E-state index is -4.23. The van der Waals surface area contributed by atoms with E-state index in [4.69, 9.17) is 4.74 Å². The Morgan fingerprint density at radius 2 is 1.69 bits per heavy atom. The number of methoxy groups -OCH3 is 1. The van der Waals surface area contributed by atoms with Crippen LogP contribution in [0.1, 0.15) is 32.3 Å². The summed E-state index contributed by atoms with van der Waals surface area (Å²) >= 11 is 0. The fraction of sp³-hybridized carbons (Fsp3) is 0.440. The van der Waals surface area contributed by atoms with E-state index in [0.29, 0.717) is 18.7 Å². The monoisotopic (exact) mass is 522 g/mol. The number of amides is 2. The van der Waals surface area contributed by atoms with Crippen molar-refractivity contribution >= 4 is 27.7 Å². The van der Waals surface area contributed by atoms with E-state index in [1.54, 1.807) is 38.3 Å². The number of nitrogens with zero attached hydrogens (tertiary/aromatic N) is 3. The highest BCUT2D eigenvalue weighted by Gasteiger charge is 2.34. The zero-order valence-electron chi connectivity index (χ0n) is 21.4. The smallest absolute Gasteiger partial charge is 0.304 e. The molecule has 198 valence electrons. The number of ether oxygens (including phenoxy) is 1. The lowest BCUT2D eigenvalue weighted by atomic mass is 10.1. The van der Waals surface area contributed by atoms with Gasteiger partial charge >= 0.3 is 10.2 Å². The zero-order chi connectivity index (χ0) is 26.9. The van der Waals surface area contributed by atoms with E-state index < -0.39 is 34.5 Å². The van der Waals surface area contributed by atoms with Crippen LogP contribution in [0.5, 0.6) is 5.75 Å². The van der Waals surface area contributed by atoms with Gasteiger partial charge in [0.2, 0.25) is 11.8 Å². The summed E-state index contributed by atoms with van der Waals surface area (Å²) in [5.74, 6) is -1.13. The molecule has 1 atom stereocenters. The van der Waals surface area contributed by atoms with Crippen LogP contribution < -0.4 is 14.4 Å². The molecule has 2 aromatic carbocycles. The van der Waals surface area contributed by atoms with Gasteiger partial charge in [-0.15, -0.1) is 0 Å². The first-order valence-corrected chi connectivity index (χ1v) is 13.1. The van der Waals surface area contributed by atoms with Crippen molar-refractivity contribution in [2.75, 3.05) is 38.6 Å². The van der Waals surface area contributed by atoms with E-state index in [0.717, 1.165) is 26.7 Å². The molecule has 2 rings (SSSR count). The van der Waals surface area contributed by atoms with Gasteiger partial charge in [0, 0.05) is 27.2 Å². The maximum Gasteiger partial charge on any atom is 0.304 e. The summed E-state index contributed by atoms with van der Waals surface area (Å²) in [5.41, 5.74) is 0.464. The summed E-state index contributed by atoms with van der Waals surface area (Å²) in [6.45, 7) is 3.50. The number of hydrogen-bond acceptors (Lipinski definition) is 5. The molecular weight excluding hydrogens is 487 g/mol. The molecule has 2 aromatic rings. The van der Waals surface area contributed by atoms with Crippen molar-refractivity contribution in [1.82, 2.24) is 14.5 Å². The molecule has 1 N–H and O–H groups in total. The van der Waals surface area contributed by atoms with Crippen LogP contribution >= 0.6 is 0 Å². The summed E-state index contributed by atoms with van der Waals surface area (Å²) in [6.07, 6.45) is 1.02. The first-order chi connectivity index (χ1) is 17.1. The summed E-state index contributed by atoms with van der Waals surface area (Å²) in [7, 11) is -0.0868. The van der Waals surface area contributed by atoms with Crippen LogP contribution in [0.25, 0.3) is 0 Å². The molecule has 0 aromatic heterocycles. The SMILES string of the molecule is CCCNC(=O)C(CC)N(Cc1ccc(OC)cc1)C(=O)CN(c1ccccc1F)S(=O)(=O)N(C)C. The van der Waals surface area contributed by atoms with Crippen LogP contribution in [0.2, 0.25) is 0 Å². The Hall–Kier alpha value is -3.18. The van der Waals surface area contributed by atoms with E-state index in [-0.39, 0.29) is 18.1 Å². The quantitative estimate of drug-likeness (QED) is 0.436. The number of carbonyl (C=O) groups excluding carboxylic acids is 2. The highest BCUT2D eigenvalue weighted by atomic mass is 32.2. The molecule has 0 aliphatic heterocycles. The molecule has 0 fully saturated rings. The molecule has 0 aliphatic rings. The Balaban J connectivity index is 2.49. The average molecular weight is 523 g/mol. The zero-order valence-corrected chi connectivity index (χ0v) is 22.2. The fourth-order valence-corrected chi connectivity index (χ4v) is 4.63. The molecule has 0 saturated heterocycles. The summed E-state index contributed by atoms with van der Waals surface area (Å²) in [4.78, 5) is 28.0. The van der Waals surface area contributed by atoms with Crippen molar-refractivity contribution in [2.45, 2.75) is 39.3 Å². The first kappa shape index (κ1) is 29.1. The van der Waals surface area contributed by atoms with Crippen molar-refractivity contribution in [3.05, 3.63) is 59.9 Å². The van der Waals surface area contributed by atoms with E-state index in [1.165, 1.54) is 37.2 Å². The van der Waals surface area contributed by atoms with Crippen molar-refractivity contribution < 1.29 is 27.1 Å². The third-order valence-corrected chi connectivity index (χ3v) is 7.39. The lowest BCUT2D eigenvalue weighted by Crippen LogP contribution is -2.53. The third-order valence-electron chi connectivity index (χ3n) is 5.59. The molecule has 0 heterocycles. The van der Waals surface area contributed by atoms with E-state index in [9.17, 15) is 22.4 Å². The van der Waals surface area contributed by atoms with Gasteiger partial charge in [-0.1, -0.05) is 38.1 Å². The molecule has 0 radical (unpaired) electrons. The Morgan fingerprint density at radius 3 is 2.22 bits per heavy atom. The maximum absolute atomic E-state index is 14.7. The first-order valence-electron chi connectivity index (χ1n) is 11.7. The van der Waals surface area contributed by atoms with Crippen molar-refractivity contribution in [3.8, 4) is 5.75 Å². The van der Waals surface area contributed by atoms with Crippen LogP contribution in [0.15, 0.2) is 48.5 Å². The third kappa shape index (κ3) is 7.17. The summed E-state index contributed by atoms with van der Waals surface area (Å²) < 4.78 is 47.7. The number of benzene rings is 2. The van der Waals surface area contributed by atoms with Crippen LogP contribution in [-0.2, 0) is 26.3 Å². The number of rotatable bonds is 13. The van der Waals surface area contributed by atoms with Crippen LogP contribution in [-0.4, -0.2) is 69.8 Å². The lowest BCUT2D eigenvalue weighted by Gasteiger charge is -2.34. The van der Waals surface area contributed by atoms with Crippen molar-refractivity contribution in [2.24, 2.45) is 0 Å². The number of carbonyl (C=O) groups is 2. The minimum absolute atomic E-state index is 0.0496. The lowest BCUT2D eigenvalue weighted by molar-refractivity contribution is -0.140. The minimum Gasteiger partial charge on any atom is -0.497 e. The molecule has 0 aliphatic carbocycles. The number of hydrogen-bond donors (Lipinski definition) is 1. The fourth-order valence-electron chi connectivity index (χ4n) is 3.57. The van der Waals surface area contributed by atoms with Crippen LogP contribution in [0.4, 0.5) is 10.1 Å². The van der Waals surface area contributed by atoms with E-state index >= 15 is 0 Å². The second-order valence-corrected chi connectivity index (χ2v) is 10.4. The number of nitrogens with one attached hydrogen (secondary N) is 1. The topological polar surface area (TPSA) is 99.3 Å². The van der Waals surface area contributed by atoms with Gasteiger partial charge in [-0.05, 0) is 42.7 Å². The largest absolute Gasteiger partial charge is 0.497 e. The van der Waals surface area contributed by atoms with Gasteiger partial charge in [0.1, 0.15) is 24.2 Å². The van der Waals surface area contributed by atoms with Gasteiger partial charge in [-0.2, -0.15) is 12.7 Å². The molecule has 0 spiro atoms. The van der Waals surface area contributed by atoms with Crippen LogP contribution in [0, 0.1) is 5.82 Å². The second-order valence-electron chi connectivity index (χ2n) is 8.33. The molecule has 0 saturated carbocycles. The average Bonchev–Trinajstić information content (AvgIpc) is 2.86. The Kier molecular flexibility index (Phi) is 10.7. The van der Waals surface area contributed by atoms with E-state index in [1.807, 2.05) is 6.92 Å². The molecule has 1 unspecified atom stereocenters. The van der Waals surface area contributed by atoms with Crippen molar-refractivity contribution in [1.29, 1.82) is 0 Å². The predicted octanol–water partition coefficient (Wildman–Crippen LogP) is 2.78. The highest BCUT2D eigenvalue weighted by Crippen LogP contribution is 2.24. The van der Waals surface area contributed by atoms with Crippen LogP contribution in [0.3, 0.4) is 0 Å². The predicted molar refractivity (Wildman–Crippen MR) is 137 cm³/mol. The van der Waals surface area contributed by atoms with Gasteiger partial charge in [0.15, 0.2) is 0 Å². The maximum atomic E-state index is 14.7. The van der Waals surface area contributed by atoms with Gasteiger partial charge in [-0.3, -0.25) is 9.59 Å². The Bertz CT molecular complexity index is 1130. The molecular formula is C25H35FN4O5S. The highest BCUT2D eigenvalue weighted by molar-refractivity contribution is 7.90. The number of halogens is 1. The normalized spacial score (nSPS) is 12.2. The number of anilines is 1. The van der Waals surface area contributed by atoms with Crippen molar-refractivity contribution in [3.63, 3.8) is 0 Å². The molecule has 11 heteroatoms. The molecule has 36 heavy (non-hydrogen) atoms. The molecule has 9 nitrogen and oxygen atoms in total. The standard InChI is InChI=1S/C25H35FN4O5S/c1-6-16-27-25(32)22(7-2)29(17-19-12-14-20(35-5)15-13-19)24(31)18-30(36(33,34)28(3)4)23-11-9-8-10-21(23)26/h8-15,22H,6-7,16-18H2,1-5H3,(H,27,32). The number of para-hydroxylation sites is 1. The van der Waals surface area contributed by atoms with Gasteiger partial charge in [0.25, 0.3) is 0 Å². The Labute approximate surface area is 213 Å². The van der Waals surface area contributed by atoms with E-state index in [2.05, 4.69) is 5.32 Å². The Morgan fingerprint density at radius 1 is 1.06 bits per heavy atom. The summed E-state index contributed by atoms with van der Waals surface area (Å²) in [5, 5.41) is 2.81. The molecule has 2 amide bonds. The molecule has 0 bridgehead atoms. The van der Waals surface area contributed by atoms with Gasteiger partial charge < -0.3 is 15.0 Å². The van der Waals surface area contributed by atoms with Gasteiger partial charge in [-0.25, -0.2) is 8.70 Å². The summed E-state index contributed by atoms with van der Waals surface area (Å²) in [6, 6.07) is 11.5. The van der Waals surface area contributed by atoms with Gasteiger partial charge in [0.05, 0.1) is 12.8 Å².